The minimum Gasteiger partial charge on any atom is -0.369 e. The molecule has 1 aliphatic rings. The van der Waals surface area contributed by atoms with Crippen molar-refractivity contribution >= 4 is 60.3 Å². The van der Waals surface area contributed by atoms with Gasteiger partial charge in [0, 0.05) is 11.4 Å². The fraction of sp³-hybridized carbons (Fsp3) is 0.219. The molecule has 6 N–H and O–H groups in total. The van der Waals surface area contributed by atoms with Crippen LogP contribution in [0.5, 0.6) is 0 Å². The van der Waals surface area contributed by atoms with E-state index >= 15 is 0 Å². The summed E-state index contributed by atoms with van der Waals surface area (Å²) in [6, 6.07) is 26.2. The Labute approximate surface area is 273 Å². The summed E-state index contributed by atoms with van der Waals surface area (Å²) in [5.74, 6) is -0.744. The van der Waals surface area contributed by atoms with Gasteiger partial charge in [0.2, 0.25) is 17.8 Å². The molecular formula is C32H35FN6O6S2. The Bertz CT molecular complexity index is 2040. The van der Waals surface area contributed by atoms with Crippen LogP contribution in [0.25, 0.3) is 10.8 Å². The van der Waals surface area contributed by atoms with Gasteiger partial charge < -0.3 is 16.8 Å². The number of nitrogens with two attached hydrogens (primary N) is 2. The van der Waals surface area contributed by atoms with Gasteiger partial charge in [0.25, 0.3) is 10.1 Å². The first-order valence-electron chi connectivity index (χ1n) is 14.4. The second-order valence-electron chi connectivity index (χ2n) is 11.1. The fourth-order valence-electron chi connectivity index (χ4n) is 5.10. The zero-order chi connectivity index (χ0) is 34.6. The molecule has 4 aromatic rings. The van der Waals surface area contributed by atoms with Crippen molar-refractivity contribution in [3.05, 3.63) is 102 Å². The summed E-state index contributed by atoms with van der Waals surface area (Å²) in [6.45, 7) is 5.13. The van der Waals surface area contributed by atoms with Crippen LogP contribution in [0.3, 0.4) is 0 Å². The van der Waals surface area contributed by atoms with Crippen LogP contribution < -0.4 is 21.7 Å². The summed E-state index contributed by atoms with van der Waals surface area (Å²) < 4.78 is 62.6. The van der Waals surface area contributed by atoms with Crippen molar-refractivity contribution in [1.82, 2.24) is 0 Å². The molecule has 0 spiro atoms. The monoisotopic (exact) mass is 682 g/mol. The molecule has 248 valence electrons. The van der Waals surface area contributed by atoms with Gasteiger partial charge in [0.15, 0.2) is 0 Å². The number of aliphatic imine (C=N–C) groups is 2. The van der Waals surface area contributed by atoms with E-state index in [1.165, 1.54) is 19.1 Å². The van der Waals surface area contributed by atoms with E-state index in [1.807, 2.05) is 80.6 Å². The molecule has 4 aromatic carbocycles. The van der Waals surface area contributed by atoms with E-state index in [0.717, 1.165) is 39.7 Å². The van der Waals surface area contributed by atoms with E-state index < -0.39 is 36.8 Å². The third-order valence-corrected chi connectivity index (χ3v) is 8.88. The van der Waals surface area contributed by atoms with Crippen molar-refractivity contribution in [2.45, 2.75) is 43.7 Å². The third-order valence-electron chi connectivity index (χ3n) is 7.31. The van der Waals surface area contributed by atoms with Gasteiger partial charge in [-0.05, 0) is 85.5 Å². The van der Waals surface area contributed by atoms with Crippen LogP contribution >= 0.6 is 0 Å². The summed E-state index contributed by atoms with van der Waals surface area (Å²) >= 11 is 0. The number of anilines is 2. The predicted molar refractivity (Wildman–Crippen MR) is 182 cm³/mol. The lowest BCUT2D eigenvalue weighted by atomic mass is 9.87. The van der Waals surface area contributed by atoms with Crippen molar-refractivity contribution in [1.29, 1.82) is 0 Å². The number of amides is 1. The SMILES string of the molecule is CC1(C)N=C(N)N=C(N)N1c1ccc(CC(C(=O)Nc2ccc(S(=O)(=O)F)cc2)c2cccc3ccccc23)cc1.CCS(=O)(=O)O. The summed E-state index contributed by atoms with van der Waals surface area (Å²) in [7, 11) is -8.50. The average Bonchev–Trinajstić information content (AvgIpc) is 2.99. The van der Waals surface area contributed by atoms with Crippen LogP contribution in [-0.4, -0.2) is 50.6 Å². The number of rotatable bonds is 8. The highest BCUT2D eigenvalue weighted by Gasteiger charge is 2.33. The number of nitrogens with zero attached hydrogens (tertiary/aromatic N) is 3. The molecule has 0 fully saturated rings. The van der Waals surface area contributed by atoms with E-state index in [2.05, 4.69) is 15.3 Å². The normalized spacial score (nSPS) is 15.1. The molecule has 1 atom stereocenters. The van der Waals surface area contributed by atoms with Gasteiger partial charge >= 0.3 is 10.2 Å². The minimum absolute atomic E-state index is 0.116. The standard InChI is InChI=1S/C30H29FN6O3S.C2H6O3S/c1-30(2)36-28(32)35-29(33)37(30)22-14-10-19(11-15-22)18-26(25-9-5-7-20-6-3-4-8-24(20)25)27(38)34-21-12-16-23(17-13-21)41(31,39)40;1-2-6(3,4)5/h3-17,26H,18H2,1-2H3,(H,34,38)(H4,32,33,35,36);2H2,1H3,(H,3,4,5). The Morgan fingerprint density at radius 2 is 1.53 bits per heavy atom. The number of fused-ring (bicyclic) bond motifs is 1. The van der Waals surface area contributed by atoms with Gasteiger partial charge in [-0.15, -0.1) is 3.89 Å². The molecule has 1 amide bonds. The molecule has 5 rings (SSSR count). The van der Waals surface area contributed by atoms with Crippen LogP contribution in [0.2, 0.25) is 0 Å². The van der Waals surface area contributed by atoms with Crippen LogP contribution in [0, 0.1) is 0 Å². The van der Waals surface area contributed by atoms with Crippen LogP contribution in [-0.2, 0) is 31.6 Å². The number of hydrogen-bond acceptors (Lipinski definition) is 10. The molecule has 0 bridgehead atoms. The van der Waals surface area contributed by atoms with Gasteiger partial charge in [0.05, 0.1) is 16.6 Å². The maximum Gasteiger partial charge on any atom is 0.332 e. The van der Waals surface area contributed by atoms with E-state index in [0.29, 0.717) is 12.1 Å². The molecule has 47 heavy (non-hydrogen) atoms. The first-order chi connectivity index (χ1) is 22.0. The Hall–Kier alpha value is -4.86. The number of carbonyl (C=O) groups excluding carboxylic acids is 1. The van der Waals surface area contributed by atoms with E-state index in [9.17, 15) is 25.5 Å². The fourth-order valence-corrected chi connectivity index (χ4v) is 5.56. The molecule has 1 unspecified atom stereocenters. The Morgan fingerprint density at radius 1 is 0.936 bits per heavy atom. The minimum atomic E-state index is -4.84. The smallest absolute Gasteiger partial charge is 0.332 e. The van der Waals surface area contributed by atoms with E-state index in [4.69, 9.17) is 16.0 Å². The van der Waals surface area contributed by atoms with Gasteiger partial charge in [-0.1, -0.05) is 54.6 Å². The molecule has 1 aliphatic heterocycles. The lowest BCUT2D eigenvalue weighted by Gasteiger charge is -2.38. The lowest BCUT2D eigenvalue weighted by molar-refractivity contribution is -0.117. The molecule has 15 heteroatoms. The molecule has 0 radical (unpaired) electrons. The molecule has 0 aliphatic carbocycles. The van der Waals surface area contributed by atoms with Gasteiger partial charge in [-0.25, -0.2) is 4.99 Å². The van der Waals surface area contributed by atoms with E-state index in [1.54, 1.807) is 4.90 Å². The van der Waals surface area contributed by atoms with Crippen LogP contribution in [0.1, 0.15) is 37.8 Å². The molecule has 1 heterocycles. The van der Waals surface area contributed by atoms with Crippen molar-refractivity contribution in [2.75, 3.05) is 16.0 Å². The van der Waals surface area contributed by atoms with Crippen molar-refractivity contribution in [2.24, 2.45) is 21.5 Å². The van der Waals surface area contributed by atoms with Crippen molar-refractivity contribution in [3.63, 3.8) is 0 Å². The van der Waals surface area contributed by atoms with Gasteiger partial charge in [0.1, 0.15) is 5.66 Å². The number of hydrogen-bond donors (Lipinski definition) is 4. The second-order valence-corrected chi connectivity index (χ2v) is 14.2. The maximum atomic E-state index is 13.7. The molecule has 12 nitrogen and oxygen atoms in total. The third kappa shape index (κ3) is 8.90. The topological polar surface area (TPSA) is 198 Å². The zero-order valence-corrected chi connectivity index (χ0v) is 27.5. The Kier molecular flexibility index (Phi) is 10.3. The number of carbonyl (C=O) groups is 1. The van der Waals surface area contributed by atoms with Crippen molar-refractivity contribution in [3.8, 4) is 0 Å². The van der Waals surface area contributed by atoms with Gasteiger partial charge in [-0.3, -0.25) is 14.2 Å². The van der Waals surface area contributed by atoms with E-state index in [-0.39, 0.29) is 23.6 Å². The summed E-state index contributed by atoms with van der Waals surface area (Å²) in [4.78, 5) is 23.5. The maximum absolute atomic E-state index is 13.7. The highest BCUT2D eigenvalue weighted by molar-refractivity contribution is 7.86. The summed E-state index contributed by atoms with van der Waals surface area (Å²) in [6.07, 6.45) is 0.370. The van der Waals surface area contributed by atoms with Gasteiger partial charge in [-0.2, -0.15) is 21.8 Å². The molecule has 0 saturated carbocycles. The first-order valence-corrected chi connectivity index (χ1v) is 17.3. The number of halogens is 1. The lowest BCUT2D eigenvalue weighted by Crippen LogP contribution is -2.54. The average molecular weight is 683 g/mol. The highest BCUT2D eigenvalue weighted by atomic mass is 32.3. The zero-order valence-electron chi connectivity index (χ0n) is 25.8. The second kappa shape index (κ2) is 13.9. The van der Waals surface area contributed by atoms with Crippen LogP contribution in [0.4, 0.5) is 15.3 Å². The number of benzene rings is 4. The molecular weight excluding hydrogens is 648 g/mol. The predicted octanol–water partition coefficient (Wildman–Crippen LogP) is 4.54. The summed E-state index contributed by atoms with van der Waals surface area (Å²) in [5.41, 5.74) is 14.1. The highest BCUT2D eigenvalue weighted by Crippen LogP contribution is 2.32. The van der Waals surface area contributed by atoms with Crippen molar-refractivity contribution < 1.29 is 30.1 Å². The summed E-state index contributed by atoms with van der Waals surface area (Å²) in [5, 5.41) is 4.81. The Morgan fingerprint density at radius 3 is 2.11 bits per heavy atom. The quantitative estimate of drug-likeness (QED) is 0.152. The molecule has 0 aromatic heterocycles. The number of nitrogens with one attached hydrogen (secondary N) is 1. The first kappa shape index (κ1) is 35.0. The largest absolute Gasteiger partial charge is 0.369 e. The Balaban J connectivity index is 0.000000762. The number of guanidine groups is 2. The van der Waals surface area contributed by atoms with Crippen LogP contribution in [0.15, 0.2) is 106 Å². The molecule has 0 saturated heterocycles.